The first-order valence-electron chi connectivity index (χ1n) is 8.91. The summed E-state index contributed by atoms with van der Waals surface area (Å²) in [6.45, 7) is 6.06. The number of nitrogens with zero attached hydrogens (tertiary/aromatic N) is 1. The second kappa shape index (κ2) is 7.62. The Morgan fingerprint density at radius 3 is 2.41 bits per heavy atom. The van der Waals surface area contributed by atoms with Crippen molar-refractivity contribution in [1.29, 1.82) is 0 Å². The maximum absolute atomic E-state index is 12.8. The molecule has 2 aromatic carbocycles. The number of esters is 1. The van der Waals surface area contributed by atoms with Gasteiger partial charge in [-0.25, -0.2) is 4.79 Å². The average molecular weight is 361 g/mol. The topological polar surface area (TPSA) is 48.3 Å². The summed E-state index contributed by atoms with van der Waals surface area (Å²) in [6, 6.07) is 17.5. The number of para-hydroxylation sites is 1. The van der Waals surface area contributed by atoms with E-state index < -0.39 is 11.6 Å². The van der Waals surface area contributed by atoms with Crippen LogP contribution in [0.4, 0.5) is 0 Å². The van der Waals surface area contributed by atoms with Crippen molar-refractivity contribution >= 4 is 22.9 Å². The minimum Gasteiger partial charge on any atom is -0.457 e. The van der Waals surface area contributed by atoms with E-state index in [9.17, 15) is 9.59 Å². The molecule has 0 unspecified atom stereocenters. The fourth-order valence-corrected chi connectivity index (χ4v) is 2.89. The molecule has 0 saturated heterocycles. The minimum atomic E-state index is -0.571. The predicted octanol–water partition coefficient (Wildman–Crippen LogP) is 4.40. The van der Waals surface area contributed by atoms with E-state index in [4.69, 9.17) is 4.74 Å². The molecule has 0 atom stereocenters. The number of ether oxygens (including phenoxy) is 1. The highest BCUT2D eigenvalue weighted by Gasteiger charge is 2.14. The lowest BCUT2D eigenvalue weighted by molar-refractivity contribution is -0.148. The van der Waals surface area contributed by atoms with Crippen LogP contribution in [-0.2, 0) is 16.1 Å². The van der Waals surface area contributed by atoms with Crippen molar-refractivity contribution in [2.24, 2.45) is 0 Å². The molecule has 3 aromatic rings. The standard InChI is InChI=1S/C23H23NO3/c1-23(2,3)27-21(25)14-13-18-16-24(15-17-9-5-4-6-10-17)20-12-8-7-11-19(20)22(18)26/h4-14,16H,15H2,1-3H3/b14-13+. The summed E-state index contributed by atoms with van der Waals surface area (Å²) in [7, 11) is 0. The van der Waals surface area contributed by atoms with Crippen LogP contribution in [0.5, 0.6) is 0 Å². The zero-order valence-corrected chi connectivity index (χ0v) is 15.8. The van der Waals surface area contributed by atoms with Crippen LogP contribution in [0.1, 0.15) is 31.9 Å². The lowest BCUT2D eigenvalue weighted by atomic mass is 10.1. The van der Waals surface area contributed by atoms with Crippen LogP contribution >= 0.6 is 0 Å². The van der Waals surface area contributed by atoms with Gasteiger partial charge in [-0.15, -0.1) is 0 Å². The van der Waals surface area contributed by atoms with E-state index in [0.29, 0.717) is 17.5 Å². The maximum Gasteiger partial charge on any atom is 0.331 e. The molecule has 0 amide bonds. The van der Waals surface area contributed by atoms with Crippen LogP contribution in [0.3, 0.4) is 0 Å². The summed E-state index contributed by atoms with van der Waals surface area (Å²) in [5, 5.41) is 0.625. The van der Waals surface area contributed by atoms with Gasteiger partial charge in [0.2, 0.25) is 0 Å². The Hall–Kier alpha value is -3.14. The van der Waals surface area contributed by atoms with Crippen molar-refractivity contribution in [3.63, 3.8) is 0 Å². The molecule has 0 aliphatic rings. The normalized spacial score (nSPS) is 11.8. The molecule has 0 radical (unpaired) electrons. The van der Waals surface area contributed by atoms with E-state index in [0.717, 1.165) is 11.1 Å². The molecule has 4 heteroatoms. The molecule has 4 nitrogen and oxygen atoms in total. The van der Waals surface area contributed by atoms with Crippen molar-refractivity contribution in [3.05, 3.63) is 88.2 Å². The van der Waals surface area contributed by atoms with Crippen molar-refractivity contribution in [3.8, 4) is 0 Å². The Labute approximate surface area is 158 Å². The average Bonchev–Trinajstić information content (AvgIpc) is 2.62. The van der Waals surface area contributed by atoms with E-state index in [1.54, 1.807) is 6.20 Å². The molecule has 3 rings (SSSR count). The lowest BCUT2D eigenvalue weighted by Gasteiger charge is -2.18. The van der Waals surface area contributed by atoms with E-state index >= 15 is 0 Å². The van der Waals surface area contributed by atoms with Crippen LogP contribution in [0.15, 0.2) is 71.7 Å². The summed E-state index contributed by atoms with van der Waals surface area (Å²) in [5.74, 6) is -0.468. The minimum absolute atomic E-state index is 0.102. The van der Waals surface area contributed by atoms with E-state index in [1.165, 1.54) is 12.2 Å². The molecule has 0 saturated carbocycles. The Morgan fingerprint density at radius 2 is 1.70 bits per heavy atom. The number of hydrogen-bond acceptors (Lipinski definition) is 3. The van der Waals surface area contributed by atoms with Crippen LogP contribution in [-0.4, -0.2) is 16.1 Å². The van der Waals surface area contributed by atoms with Crippen LogP contribution < -0.4 is 5.43 Å². The third kappa shape index (κ3) is 4.73. The molecular weight excluding hydrogens is 338 g/mol. The Bertz CT molecular complexity index is 1040. The Kier molecular flexibility index (Phi) is 5.26. The van der Waals surface area contributed by atoms with Gasteiger partial charge in [0.1, 0.15) is 5.60 Å². The zero-order chi connectivity index (χ0) is 19.4. The summed E-state index contributed by atoms with van der Waals surface area (Å²) in [6.07, 6.45) is 4.63. The SMILES string of the molecule is CC(C)(C)OC(=O)/C=C/c1cn(Cc2ccccc2)c2ccccc2c1=O. The van der Waals surface area contributed by atoms with Crippen molar-refractivity contribution in [2.45, 2.75) is 32.9 Å². The number of aromatic nitrogens is 1. The molecule has 0 aliphatic carbocycles. The van der Waals surface area contributed by atoms with E-state index in [1.807, 2.05) is 79.9 Å². The van der Waals surface area contributed by atoms with E-state index in [-0.39, 0.29) is 5.43 Å². The van der Waals surface area contributed by atoms with Crippen molar-refractivity contribution in [2.75, 3.05) is 0 Å². The summed E-state index contributed by atoms with van der Waals surface area (Å²) >= 11 is 0. The molecule has 0 bridgehead atoms. The van der Waals surface area contributed by atoms with Gasteiger partial charge in [-0.3, -0.25) is 4.79 Å². The first kappa shape index (κ1) is 18.6. The molecule has 0 fully saturated rings. The fourth-order valence-electron chi connectivity index (χ4n) is 2.89. The second-order valence-corrected chi connectivity index (χ2v) is 7.41. The molecular formula is C23H23NO3. The van der Waals surface area contributed by atoms with Crippen molar-refractivity contribution < 1.29 is 9.53 Å². The first-order chi connectivity index (χ1) is 12.8. The number of carbonyl (C=O) groups excluding carboxylic acids is 1. The molecule has 27 heavy (non-hydrogen) atoms. The number of carbonyl (C=O) groups is 1. The second-order valence-electron chi connectivity index (χ2n) is 7.41. The molecule has 0 aliphatic heterocycles. The lowest BCUT2D eigenvalue weighted by Crippen LogP contribution is -2.22. The summed E-state index contributed by atoms with van der Waals surface area (Å²) in [4.78, 5) is 24.8. The third-order valence-corrected chi connectivity index (χ3v) is 4.02. The van der Waals surface area contributed by atoms with Crippen LogP contribution in [0.2, 0.25) is 0 Å². The maximum atomic E-state index is 12.8. The van der Waals surface area contributed by atoms with Gasteiger partial charge in [-0.2, -0.15) is 0 Å². The first-order valence-corrected chi connectivity index (χ1v) is 8.91. The highest BCUT2D eigenvalue weighted by molar-refractivity contribution is 5.88. The Balaban J connectivity index is 2.02. The summed E-state index contributed by atoms with van der Waals surface area (Å²) in [5.41, 5.74) is 1.78. The fraction of sp³-hybridized carbons (Fsp3) is 0.217. The number of hydrogen-bond donors (Lipinski definition) is 0. The van der Waals surface area contributed by atoms with Gasteiger partial charge in [0, 0.05) is 29.8 Å². The zero-order valence-electron chi connectivity index (χ0n) is 15.8. The van der Waals surface area contributed by atoms with Gasteiger partial charge >= 0.3 is 5.97 Å². The highest BCUT2D eigenvalue weighted by Crippen LogP contribution is 2.15. The quantitative estimate of drug-likeness (QED) is 0.511. The Morgan fingerprint density at radius 1 is 1.04 bits per heavy atom. The molecule has 0 spiro atoms. The number of fused-ring (bicyclic) bond motifs is 1. The van der Waals surface area contributed by atoms with Gasteiger partial charge in [-0.05, 0) is 44.5 Å². The van der Waals surface area contributed by atoms with Gasteiger partial charge in [0.25, 0.3) is 0 Å². The van der Waals surface area contributed by atoms with Gasteiger partial charge in [-0.1, -0.05) is 42.5 Å². The summed E-state index contributed by atoms with van der Waals surface area (Å²) < 4.78 is 7.31. The molecule has 1 aromatic heterocycles. The largest absolute Gasteiger partial charge is 0.457 e. The molecule has 0 N–H and O–H groups in total. The van der Waals surface area contributed by atoms with Gasteiger partial charge in [0.15, 0.2) is 5.43 Å². The third-order valence-electron chi connectivity index (χ3n) is 4.02. The van der Waals surface area contributed by atoms with Gasteiger partial charge in [0.05, 0.1) is 5.52 Å². The number of pyridine rings is 1. The highest BCUT2D eigenvalue weighted by atomic mass is 16.6. The van der Waals surface area contributed by atoms with E-state index in [2.05, 4.69) is 0 Å². The molecule has 138 valence electrons. The monoisotopic (exact) mass is 361 g/mol. The predicted molar refractivity (Wildman–Crippen MR) is 109 cm³/mol. The van der Waals surface area contributed by atoms with Crippen LogP contribution in [0.25, 0.3) is 17.0 Å². The smallest absolute Gasteiger partial charge is 0.331 e. The van der Waals surface area contributed by atoms with Crippen molar-refractivity contribution in [1.82, 2.24) is 4.57 Å². The molecule has 1 heterocycles. The number of rotatable bonds is 4. The van der Waals surface area contributed by atoms with Crippen LogP contribution in [0, 0.1) is 0 Å². The van der Waals surface area contributed by atoms with Gasteiger partial charge < -0.3 is 9.30 Å². The number of benzene rings is 2.